The molecule has 6 nitrogen and oxygen atoms in total. The van der Waals surface area contributed by atoms with E-state index in [1.165, 1.54) is 24.4 Å². The highest BCUT2D eigenvalue weighted by atomic mass is 127. The van der Waals surface area contributed by atoms with Crippen LogP contribution in [0.1, 0.15) is 40.2 Å². The van der Waals surface area contributed by atoms with Gasteiger partial charge in [0.1, 0.15) is 11.4 Å². The van der Waals surface area contributed by atoms with Crippen molar-refractivity contribution in [3.05, 3.63) is 59.3 Å². The summed E-state index contributed by atoms with van der Waals surface area (Å²) in [5.41, 5.74) is -0.384. The van der Waals surface area contributed by atoms with Crippen molar-refractivity contribution in [1.29, 1.82) is 0 Å². The highest BCUT2D eigenvalue weighted by molar-refractivity contribution is 14.1. The van der Waals surface area contributed by atoms with Crippen molar-refractivity contribution in [2.24, 2.45) is 5.92 Å². The number of carboxylic acids is 1. The number of aromatic nitrogens is 1. The lowest BCUT2D eigenvalue weighted by molar-refractivity contribution is -0.138. The van der Waals surface area contributed by atoms with Crippen LogP contribution >= 0.6 is 22.6 Å². The highest BCUT2D eigenvalue weighted by Crippen LogP contribution is 2.55. The molecule has 1 aliphatic heterocycles. The number of rotatable bonds is 3. The Morgan fingerprint density at radius 3 is 2.65 bits per heavy atom. The standard InChI is InChI=1S/C21H19F3IN3O3/c22-21(23,24)16-6-2-1-4-14(16)12-8-13-10-28(11-20(13,25)9-12)19(31)27-17-15(18(29)30)5-3-7-26-17/h1-7,12-13H,8-11H2,(H,29,30)(H,26,27,31)/t12-,13?,20-/m1/s1. The van der Waals surface area contributed by atoms with Gasteiger partial charge in [-0.2, -0.15) is 13.2 Å². The number of nitrogens with one attached hydrogen (secondary N) is 1. The molecule has 3 atom stereocenters. The lowest BCUT2D eigenvalue weighted by atomic mass is 9.91. The van der Waals surface area contributed by atoms with Crippen molar-refractivity contribution in [2.75, 3.05) is 18.4 Å². The Kier molecular flexibility index (Phi) is 5.61. The molecule has 0 bridgehead atoms. The molecule has 2 fully saturated rings. The molecule has 1 saturated carbocycles. The first-order valence-electron chi connectivity index (χ1n) is 9.68. The molecule has 2 heterocycles. The zero-order valence-corrected chi connectivity index (χ0v) is 18.4. The normalized spacial score (nSPS) is 25.4. The number of likely N-dealkylation sites (tertiary alicyclic amines) is 1. The van der Waals surface area contributed by atoms with E-state index in [2.05, 4.69) is 32.9 Å². The number of pyridine rings is 1. The van der Waals surface area contributed by atoms with Crippen molar-refractivity contribution in [1.82, 2.24) is 9.88 Å². The van der Waals surface area contributed by atoms with E-state index in [9.17, 15) is 27.9 Å². The number of aromatic carboxylic acids is 1. The molecule has 0 spiro atoms. The number of carbonyl (C=O) groups is 2. The van der Waals surface area contributed by atoms with Gasteiger partial charge in [0.15, 0.2) is 0 Å². The third-order valence-electron chi connectivity index (χ3n) is 6.04. The van der Waals surface area contributed by atoms with Gasteiger partial charge in [0, 0.05) is 22.7 Å². The van der Waals surface area contributed by atoms with E-state index in [-0.39, 0.29) is 26.6 Å². The molecule has 0 radical (unpaired) electrons. The number of alkyl halides is 4. The zero-order valence-electron chi connectivity index (χ0n) is 16.2. The number of benzene rings is 1. The van der Waals surface area contributed by atoms with E-state index < -0.39 is 23.7 Å². The molecule has 2 amide bonds. The van der Waals surface area contributed by atoms with Crippen LogP contribution in [0.3, 0.4) is 0 Å². The number of carbonyl (C=O) groups excluding carboxylic acids is 1. The summed E-state index contributed by atoms with van der Waals surface area (Å²) >= 11 is 2.28. The number of nitrogens with zero attached hydrogens (tertiary/aromatic N) is 2. The van der Waals surface area contributed by atoms with E-state index in [0.29, 0.717) is 31.5 Å². The van der Waals surface area contributed by atoms with Gasteiger partial charge in [-0.15, -0.1) is 0 Å². The number of hydrogen-bond donors (Lipinski definition) is 2. The maximum absolute atomic E-state index is 13.4. The minimum absolute atomic E-state index is 0.0310. The molecule has 164 valence electrons. The SMILES string of the molecule is O=C(O)c1cccnc1NC(=O)N1CC2C[C@@H](c3ccccc3C(F)(F)F)C[C@@]2(I)C1. The average molecular weight is 545 g/mol. The van der Waals surface area contributed by atoms with E-state index in [1.54, 1.807) is 17.0 Å². The fourth-order valence-electron chi connectivity index (χ4n) is 4.65. The number of urea groups is 1. The van der Waals surface area contributed by atoms with E-state index in [4.69, 9.17) is 0 Å². The smallest absolute Gasteiger partial charge is 0.416 e. The van der Waals surface area contributed by atoms with Crippen LogP contribution < -0.4 is 5.32 Å². The van der Waals surface area contributed by atoms with Crippen LogP contribution in [-0.4, -0.2) is 43.5 Å². The minimum Gasteiger partial charge on any atom is -0.478 e. The first-order chi connectivity index (χ1) is 14.6. The fourth-order valence-corrected chi connectivity index (χ4v) is 6.05. The Bertz CT molecular complexity index is 1030. The summed E-state index contributed by atoms with van der Waals surface area (Å²) in [6.07, 6.45) is -1.91. The Morgan fingerprint density at radius 2 is 1.97 bits per heavy atom. The Hall–Kier alpha value is -2.37. The van der Waals surface area contributed by atoms with Gasteiger partial charge >= 0.3 is 18.2 Å². The number of anilines is 1. The highest BCUT2D eigenvalue weighted by Gasteiger charge is 2.53. The zero-order chi connectivity index (χ0) is 22.4. The fraction of sp³-hybridized carbons (Fsp3) is 0.381. The van der Waals surface area contributed by atoms with Gasteiger partial charge in [-0.25, -0.2) is 14.6 Å². The summed E-state index contributed by atoms with van der Waals surface area (Å²) in [6.45, 7) is 0.776. The van der Waals surface area contributed by atoms with Crippen LogP contribution in [0.25, 0.3) is 0 Å². The molecule has 4 rings (SSSR count). The maximum atomic E-state index is 13.4. The van der Waals surface area contributed by atoms with Gasteiger partial charge in [-0.3, -0.25) is 5.32 Å². The first-order valence-corrected chi connectivity index (χ1v) is 10.8. The third-order valence-corrected chi connectivity index (χ3v) is 7.70. The third kappa shape index (κ3) is 4.21. The Morgan fingerprint density at radius 1 is 1.23 bits per heavy atom. The van der Waals surface area contributed by atoms with Crippen molar-refractivity contribution in [3.63, 3.8) is 0 Å². The molecule has 31 heavy (non-hydrogen) atoms. The van der Waals surface area contributed by atoms with E-state index in [1.807, 2.05) is 0 Å². The van der Waals surface area contributed by atoms with Crippen LogP contribution in [0.2, 0.25) is 0 Å². The second kappa shape index (κ2) is 7.95. The van der Waals surface area contributed by atoms with Gasteiger partial charge in [0.25, 0.3) is 0 Å². The number of hydrogen-bond acceptors (Lipinski definition) is 3. The van der Waals surface area contributed by atoms with Gasteiger partial charge in [0.2, 0.25) is 0 Å². The Balaban J connectivity index is 1.47. The summed E-state index contributed by atoms with van der Waals surface area (Å²) < 4.78 is 40.0. The van der Waals surface area contributed by atoms with Gasteiger partial charge < -0.3 is 10.0 Å². The monoisotopic (exact) mass is 545 g/mol. The van der Waals surface area contributed by atoms with E-state index in [0.717, 1.165) is 6.07 Å². The van der Waals surface area contributed by atoms with Crippen molar-refractivity contribution in [3.8, 4) is 0 Å². The lowest BCUT2D eigenvalue weighted by Gasteiger charge is -2.24. The molecule has 1 aliphatic carbocycles. The summed E-state index contributed by atoms with van der Waals surface area (Å²) in [7, 11) is 0. The van der Waals surface area contributed by atoms with Crippen LogP contribution in [0.15, 0.2) is 42.6 Å². The number of carboxylic acid groups (broad SMARTS) is 1. The molecule has 1 aromatic carbocycles. The predicted molar refractivity (Wildman–Crippen MR) is 115 cm³/mol. The molecule has 2 aliphatic rings. The molecular weight excluding hydrogens is 526 g/mol. The molecule has 2 aromatic rings. The van der Waals surface area contributed by atoms with Crippen molar-refractivity contribution >= 4 is 40.4 Å². The molecular formula is C21H19F3IN3O3. The van der Waals surface area contributed by atoms with Crippen LogP contribution in [0.4, 0.5) is 23.8 Å². The van der Waals surface area contributed by atoms with Crippen LogP contribution in [0.5, 0.6) is 0 Å². The number of halogens is 4. The molecule has 1 saturated heterocycles. The topological polar surface area (TPSA) is 82.5 Å². The summed E-state index contributed by atoms with van der Waals surface area (Å²) in [6, 6.07) is 8.06. The minimum atomic E-state index is -4.40. The lowest BCUT2D eigenvalue weighted by Crippen LogP contribution is -2.36. The quantitative estimate of drug-likeness (QED) is 0.420. The number of fused-ring (bicyclic) bond motifs is 1. The molecule has 1 unspecified atom stereocenters. The van der Waals surface area contributed by atoms with Crippen molar-refractivity contribution in [2.45, 2.75) is 28.4 Å². The second-order valence-corrected chi connectivity index (χ2v) is 10.1. The molecule has 2 N–H and O–H groups in total. The summed E-state index contributed by atoms with van der Waals surface area (Å²) in [5.74, 6) is -1.40. The largest absolute Gasteiger partial charge is 0.478 e. The average Bonchev–Trinajstić information content (AvgIpc) is 3.19. The first kappa shape index (κ1) is 21.8. The molecule has 10 heteroatoms. The Labute approximate surface area is 190 Å². The van der Waals surface area contributed by atoms with Crippen LogP contribution in [-0.2, 0) is 6.18 Å². The van der Waals surface area contributed by atoms with Gasteiger partial charge in [-0.1, -0.05) is 40.8 Å². The second-order valence-electron chi connectivity index (χ2n) is 7.97. The summed E-state index contributed by atoms with van der Waals surface area (Å²) in [4.78, 5) is 29.6. The van der Waals surface area contributed by atoms with Gasteiger partial charge in [-0.05, 0) is 48.4 Å². The van der Waals surface area contributed by atoms with Gasteiger partial charge in [0.05, 0.1) is 5.56 Å². The van der Waals surface area contributed by atoms with Crippen molar-refractivity contribution < 1.29 is 27.9 Å². The maximum Gasteiger partial charge on any atom is 0.416 e. The van der Waals surface area contributed by atoms with E-state index >= 15 is 0 Å². The van der Waals surface area contributed by atoms with Crippen LogP contribution in [0, 0.1) is 5.92 Å². The summed E-state index contributed by atoms with van der Waals surface area (Å²) in [5, 5.41) is 11.8. The molecule has 1 aromatic heterocycles. The predicted octanol–water partition coefficient (Wildman–Crippen LogP) is 5.01. The number of amides is 2.